The van der Waals surface area contributed by atoms with Gasteiger partial charge in [0.15, 0.2) is 11.5 Å². The SMILES string of the molecule is C=CCCC(O)CN(Cc1ccc(F)cc1)Cc1c(C)nn(-c2ccccc2)c1Oc1ccccc1OC. The number of aromatic nitrogens is 2. The van der Waals surface area contributed by atoms with E-state index in [0.29, 0.717) is 43.4 Å². The molecule has 1 unspecified atom stereocenters. The van der Waals surface area contributed by atoms with Gasteiger partial charge in [0, 0.05) is 19.6 Å². The second kappa shape index (κ2) is 13.0. The van der Waals surface area contributed by atoms with Crippen LogP contribution in [0.5, 0.6) is 17.4 Å². The summed E-state index contributed by atoms with van der Waals surface area (Å²) in [6.45, 7) is 7.13. The molecule has 0 aliphatic heterocycles. The van der Waals surface area contributed by atoms with Crippen LogP contribution in [-0.4, -0.2) is 39.5 Å². The van der Waals surface area contributed by atoms with E-state index in [1.54, 1.807) is 30.0 Å². The number of ether oxygens (including phenoxy) is 2. The quantitative estimate of drug-likeness (QED) is 0.207. The number of aryl methyl sites for hydroxylation is 1. The summed E-state index contributed by atoms with van der Waals surface area (Å²) >= 11 is 0. The zero-order chi connectivity index (χ0) is 26.9. The summed E-state index contributed by atoms with van der Waals surface area (Å²) < 4.78 is 27.4. The molecule has 1 atom stereocenters. The second-order valence-corrected chi connectivity index (χ2v) is 9.19. The Morgan fingerprint density at radius 1 is 1.00 bits per heavy atom. The first-order valence-electron chi connectivity index (χ1n) is 12.7. The highest BCUT2D eigenvalue weighted by Crippen LogP contribution is 2.36. The van der Waals surface area contributed by atoms with Crippen LogP contribution >= 0.6 is 0 Å². The standard InChI is InChI=1S/C31H34FN3O3/c1-4-5-13-27(36)21-34(20-24-16-18-25(32)19-17-24)22-28-23(2)33-35(26-11-7-6-8-12-26)31(28)38-30-15-10-9-14-29(30)37-3/h4,6-12,14-19,27,36H,1,5,13,20-22H2,2-3H3. The molecule has 0 aliphatic rings. The average molecular weight is 516 g/mol. The molecular weight excluding hydrogens is 481 g/mol. The lowest BCUT2D eigenvalue weighted by Crippen LogP contribution is -2.32. The molecule has 1 aromatic heterocycles. The zero-order valence-corrected chi connectivity index (χ0v) is 21.9. The first-order chi connectivity index (χ1) is 18.5. The Balaban J connectivity index is 1.73. The van der Waals surface area contributed by atoms with E-state index in [1.165, 1.54) is 12.1 Å². The van der Waals surface area contributed by atoms with Gasteiger partial charge in [-0.2, -0.15) is 5.10 Å². The maximum absolute atomic E-state index is 13.6. The molecule has 4 aromatic rings. The summed E-state index contributed by atoms with van der Waals surface area (Å²) in [7, 11) is 1.61. The molecule has 0 aliphatic carbocycles. The van der Waals surface area contributed by atoms with Crippen LogP contribution in [0, 0.1) is 12.7 Å². The minimum atomic E-state index is -0.545. The van der Waals surface area contributed by atoms with Crippen LogP contribution in [0.25, 0.3) is 5.69 Å². The molecule has 0 saturated carbocycles. The lowest BCUT2D eigenvalue weighted by atomic mass is 10.1. The third-order valence-corrected chi connectivity index (χ3v) is 6.29. The Hall–Kier alpha value is -3.94. The van der Waals surface area contributed by atoms with E-state index in [4.69, 9.17) is 14.6 Å². The van der Waals surface area contributed by atoms with Crippen LogP contribution < -0.4 is 9.47 Å². The number of allylic oxidation sites excluding steroid dienone is 1. The number of benzene rings is 3. The average Bonchev–Trinajstić information content (AvgIpc) is 3.24. The van der Waals surface area contributed by atoms with Gasteiger partial charge in [-0.1, -0.05) is 48.5 Å². The third-order valence-electron chi connectivity index (χ3n) is 6.29. The van der Waals surface area contributed by atoms with Crippen molar-refractivity contribution in [3.05, 3.63) is 114 Å². The molecule has 7 heteroatoms. The molecule has 0 amide bonds. The highest BCUT2D eigenvalue weighted by Gasteiger charge is 2.23. The van der Waals surface area contributed by atoms with Crippen LogP contribution in [0.1, 0.15) is 29.7 Å². The van der Waals surface area contributed by atoms with E-state index in [1.807, 2.05) is 61.5 Å². The normalized spacial score (nSPS) is 11.9. The monoisotopic (exact) mass is 515 g/mol. The number of para-hydroxylation sites is 3. The Morgan fingerprint density at radius 2 is 1.68 bits per heavy atom. The lowest BCUT2D eigenvalue weighted by Gasteiger charge is -2.25. The predicted molar refractivity (Wildman–Crippen MR) is 147 cm³/mol. The smallest absolute Gasteiger partial charge is 0.227 e. The first kappa shape index (κ1) is 27.1. The van der Waals surface area contributed by atoms with E-state index in [2.05, 4.69) is 11.5 Å². The minimum Gasteiger partial charge on any atom is -0.493 e. The van der Waals surface area contributed by atoms with Gasteiger partial charge < -0.3 is 14.6 Å². The van der Waals surface area contributed by atoms with Crippen molar-refractivity contribution >= 4 is 0 Å². The van der Waals surface area contributed by atoms with Crippen LogP contribution in [0.3, 0.4) is 0 Å². The number of aliphatic hydroxyl groups is 1. The van der Waals surface area contributed by atoms with Crippen molar-refractivity contribution in [2.75, 3.05) is 13.7 Å². The van der Waals surface area contributed by atoms with Gasteiger partial charge in [0.05, 0.1) is 30.2 Å². The van der Waals surface area contributed by atoms with Gasteiger partial charge in [-0.15, -0.1) is 6.58 Å². The van der Waals surface area contributed by atoms with Crippen molar-refractivity contribution in [2.45, 2.75) is 39.0 Å². The number of hydrogen-bond donors (Lipinski definition) is 1. The molecule has 0 saturated heterocycles. The number of aliphatic hydroxyl groups excluding tert-OH is 1. The van der Waals surface area contributed by atoms with Gasteiger partial charge >= 0.3 is 0 Å². The van der Waals surface area contributed by atoms with Gasteiger partial charge in [0.1, 0.15) is 5.82 Å². The molecule has 0 bridgehead atoms. The predicted octanol–water partition coefficient (Wildman–Crippen LogP) is 6.45. The summed E-state index contributed by atoms with van der Waals surface area (Å²) in [4.78, 5) is 2.13. The Labute approximate surface area is 223 Å². The van der Waals surface area contributed by atoms with E-state index < -0.39 is 6.10 Å². The number of halogens is 1. The Morgan fingerprint density at radius 3 is 2.37 bits per heavy atom. The van der Waals surface area contributed by atoms with Crippen molar-refractivity contribution in [3.8, 4) is 23.1 Å². The summed E-state index contributed by atoms with van der Waals surface area (Å²) in [5, 5.41) is 15.6. The molecule has 6 nitrogen and oxygen atoms in total. The second-order valence-electron chi connectivity index (χ2n) is 9.19. The van der Waals surface area contributed by atoms with Crippen LogP contribution in [0.15, 0.2) is 91.5 Å². The van der Waals surface area contributed by atoms with Gasteiger partial charge in [0.25, 0.3) is 0 Å². The maximum Gasteiger partial charge on any atom is 0.227 e. The zero-order valence-electron chi connectivity index (χ0n) is 21.9. The number of methoxy groups -OCH3 is 1. The van der Waals surface area contributed by atoms with E-state index in [0.717, 1.165) is 28.9 Å². The van der Waals surface area contributed by atoms with Crippen molar-refractivity contribution < 1.29 is 19.0 Å². The fraction of sp³-hybridized carbons (Fsp3) is 0.258. The van der Waals surface area contributed by atoms with E-state index in [-0.39, 0.29) is 5.82 Å². The summed E-state index contributed by atoms with van der Waals surface area (Å²) in [6, 6.07) is 23.7. The van der Waals surface area contributed by atoms with Crippen molar-refractivity contribution in [1.29, 1.82) is 0 Å². The molecule has 1 N–H and O–H groups in total. The van der Waals surface area contributed by atoms with Gasteiger partial charge in [0.2, 0.25) is 5.88 Å². The summed E-state index contributed by atoms with van der Waals surface area (Å²) in [5.41, 5.74) is 3.51. The minimum absolute atomic E-state index is 0.279. The highest BCUT2D eigenvalue weighted by molar-refractivity contribution is 5.47. The van der Waals surface area contributed by atoms with E-state index >= 15 is 0 Å². The van der Waals surface area contributed by atoms with Crippen molar-refractivity contribution in [2.24, 2.45) is 0 Å². The molecule has 198 valence electrons. The van der Waals surface area contributed by atoms with Crippen LogP contribution in [0.2, 0.25) is 0 Å². The molecule has 0 spiro atoms. The van der Waals surface area contributed by atoms with Crippen LogP contribution in [0.4, 0.5) is 4.39 Å². The molecule has 0 fully saturated rings. The number of hydrogen-bond acceptors (Lipinski definition) is 5. The van der Waals surface area contributed by atoms with E-state index in [9.17, 15) is 9.50 Å². The van der Waals surface area contributed by atoms with Gasteiger partial charge in [-0.3, -0.25) is 4.90 Å². The molecule has 4 rings (SSSR count). The summed E-state index contributed by atoms with van der Waals surface area (Å²) in [5.74, 6) is 1.48. The molecule has 1 heterocycles. The lowest BCUT2D eigenvalue weighted by molar-refractivity contribution is 0.0978. The molecule has 0 radical (unpaired) electrons. The third kappa shape index (κ3) is 6.88. The summed E-state index contributed by atoms with van der Waals surface area (Å²) in [6.07, 6.45) is 2.59. The van der Waals surface area contributed by atoms with Gasteiger partial charge in [-0.25, -0.2) is 9.07 Å². The first-order valence-corrected chi connectivity index (χ1v) is 12.7. The molecule has 38 heavy (non-hydrogen) atoms. The fourth-order valence-electron chi connectivity index (χ4n) is 4.33. The van der Waals surface area contributed by atoms with Crippen molar-refractivity contribution in [3.63, 3.8) is 0 Å². The maximum atomic E-state index is 13.6. The molecule has 3 aromatic carbocycles. The number of rotatable bonds is 13. The Kier molecular flexibility index (Phi) is 9.30. The van der Waals surface area contributed by atoms with Crippen LogP contribution in [-0.2, 0) is 13.1 Å². The van der Waals surface area contributed by atoms with Crippen molar-refractivity contribution in [1.82, 2.24) is 14.7 Å². The molecular formula is C31H34FN3O3. The Bertz CT molecular complexity index is 1320. The van der Waals surface area contributed by atoms with Gasteiger partial charge in [-0.05, 0) is 61.7 Å². The topological polar surface area (TPSA) is 59.8 Å². The number of nitrogens with zero attached hydrogens (tertiary/aromatic N) is 3. The highest BCUT2D eigenvalue weighted by atomic mass is 19.1. The fourth-order valence-corrected chi connectivity index (χ4v) is 4.33. The largest absolute Gasteiger partial charge is 0.493 e.